The molecule has 15 atom stereocenters. The zero-order valence-electron chi connectivity index (χ0n) is 29.8. The van der Waals surface area contributed by atoms with Crippen LogP contribution >= 0.6 is 0 Å². The van der Waals surface area contributed by atoms with Gasteiger partial charge in [0.25, 0.3) is 0 Å². The number of rotatable bonds is 7. The molecule has 17 heteroatoms. The molecule has 17 nitrogen and oxygen atoms in total. The number of aliphatic hydroxyl groups excluding tert-OH is 5. The van der Waals surface area contributed by atoms with Crippen molar-refractivity contribution in [3.8, 4) is 0 Å². The molecule has 0 aromatic carbocycles. The van der Waals surface area contributed by atoms with Crippen molar-refractivity contribution in [3.63, 3.8) is 0 Å². The topological polar surface area (TPSA) is 251 Å². The van der Waals surface area contributed by atoms with Crippen molar-refractivity contribution < 1.29 is 82.7 Å². The van der Waals surface area contributed by atoms with E-state index in [1.165, 1.54) is 19.9 Å². The van der Waals surface area contributed by atoms with E-state index in [0.717, 1.165) is 13.2 Å². The molecule has 1 spiro atoms. The first kappa shape index (κ1) is 38.3. The second-order valence-corrected chi connectivity index (χ2v) is 15.5. The predicted octanol–water partition coefficient (Wildman–Crippen LogP) is -1.41. The van der Waals surface area contributed by atoms with Crippen LogP contribution in [-0.4, -0.2) is 136 Å². The van der Waals surface area contributed by atoms with Crippen molar-refractivity contribution >= 4 is 29.7 Å². The Bertz CT molecular complexity index is 1600. The van der Waals surface area contributed by atoms with Gasteiger partial charge in [-0.25, -0.2) is 14.4 Å². The number of methoxy groups -OCH3 is 1. The summed E-state index contributed by atoms with van der Waals surface area (Å²) in [5, 5.41) is 54.7. The Kier molecular flexibility index (Phi) is 9.46. The van der Waals surface area contributed by atoms with E-state index >= 15 is 0 Å². The van der Waals surface area contributed by atoms with Crippen molar-refractivity contribution in [2.24, 2.45) is 34.5 Å². The fraction of sp³-hybridized carbons (Fsp3) is 0.743. The van der Waals surface area contributed by atoms with Gasteiger partial charge in [0.1, 0.15) is 36.1 Å². The largest absolute Gasteiger partial charge is 0.467 e. The number of fused-ring (bicyclic) bond motifs is 2. The van der Waals surface area contributed by atoms with E-state index in [-0.39, 0.29) is 24.4 Å². The maximum atomic E-state index is 13.9. The van der Waals surface area contributed by atoms with Gasteiger partial charge in [-0.05, 0) is 50.2 Å². The number of ketones is 1. The molecule has 3 aliphatic heterocycles. The molecule has 288 valence electrons. The van der Waals surface area contributed by atoms with E-state index in [1.54, 1.807) is 27.7 Å². The number of esters is 4. The Morgan fingerprint density at radius 3 is 2.33 bits per heavy atom. The molecule has 0 aromatic rings. The second-order valence-electron chi connectivity index (χ2n) is 15.5. The van der Waals surface area contributed by atoms with Gasteiger partial charge >= 0.3 is 23.9 Å². The molecule has 2 saturated carbocycles. The summed E-state index contributed by atoms with van der Waals surface area (Å²) in [4.78, 5) is 66.5. The molecule has 5 N–H and O–H groups in total. The van der Waals surface area contributed by atoms with Gasteiger partial charge < -0.3 is 58.7 Å². The van der Waals surface area contributed by atoms with Crippen LogP contribution in [0, 0.1) is 34.5 Å². The fourth-order valence-corrected chi connectivity index (χ4v) is 9.85. The lowest BCUT2D eigenvalue weighted by molar-refractivity contribution is -0.289. The van der Waals surface area contributed by atoms with Gasteiger partial charge in [0.2, 0.25) is 18.0 Å². The summed E-state index contributed by atoms with van der Waals surface area (Å²) in [5.74, 6) is -8.73. The first-order chi connectivity index (χ1) is 24.2. The summed E-state index contributed by atoms with van der Waals surface area (Å²) in [7, 11) is 1.04. The lowest BCUT2D eigenvalue weighted by atomic mass is 9.38. The number of aliphatic hydroxyl groups is 5. The highest BCUT2D eigenvalue weighted by molar-refractivity contribution is 5.97. The fourth-order valence-electron chi connectivity index (χ4n) is 9.85. The van der Waals surface area contributed by atoms with E-state index < -0.39 is 131 Å². The third-order valence-corrected chi connectivity index (χ3v) is 12.4. The number of carbonyl (C=O) groups is 5. The van der Waals surface area contributed by atoms with Gasteiger partial charge in [-0.2, -0.15) is 0 Å². The van der Waals surface area contributed by atoms with Crippen LogP contribution < -0.4 is 0 Å². The van der Waals surface area contributed by atoms with Crippen LogP contribution in [0.5, 0.6) is 0 Å². The minimum absolute atomic E-state index is 0.0269. The molecule has 3 aliphatic carbocycles. The standard InChI is InChI=1S/C35H46O17/c1-13(32(4,5)52-15(3)36)8-20(38)51-25-27-34-12-48-35(27,31(45)46-7)28(43)24(42)26(34)33(6)10-18(49-30-23(41)22(40)17(37)11-47-30)21(39)14(2)16(33)9-19(34)50-29(25)44/h8,10,14,16-17,19,22-28,30,37,40-43H,9,11-12H2,1-7H3. The first-order valence-corrected chi connectivity index (χ1v) is 17.2. The summed E-state index contributed by atoms with van der Waals surface area (Å²) >= 11 is 0. The third-order valence-electron chi connectivity index (χ3n) is 12.4. The van der Waals surface area contributed by atoms with Gasteiger partial charge in [-0.1, -0.05) is 13.8 Å². The SMILES string of the molecule is COC(=O)C12OCC34C(CC5C(C)C(=O)C(OC6OCC(O)C(O)C6O)=CC5(C)C3C(O)C1O)OC(=O)C(OC(=O)C=C(C)C(C)(C)OC(C)=O)C24. The molecule has 3 heterocycles. The number of carbonyl (C=O) groups excluding carboxylic acids is 5. The second kappa shape index (κ2) is 12.8. The van der Waals surface area contributed by atoms with E-state index in [4.69, 9.17) is 33.2 Å². The molecule has 52 heavy (non-hydrogen) atoms. The molecular formula is C35H46O17. The Morgan fingerprint density at radius 1 is 1.02 bits per heavy atom. The molecule has 6 aliphatic rings. The maximum Gasteiger partial charge on any atom is 0.348 e. The lowest BCUT2D eigenvalue weighted by Crippen LogP contribution is -2.79. The Hall–Kier alpha value is -3.45. The minimum atomic E-state index is -2.40. The molecule has 15 unspecified atom stereocenters. The van der Waals surface area contributed by atoms with Gasteiger partial charge in [0.15, 0.2) is 11.5 Å². The van der Waals surface area contributed by atoms with Crippen LogP contribution in [0.25, 0.3) is 0 Å². The zero-order valence-corrected chi connectivity index (χ0v) is 29.8. The smallest absolute Gasteiger partial charge is 0.348 e. The monoisotopic (exact) mass is 738 g/mol. The van der Waals surface area contributed by atoms with Gasteiger partial charge in [-0.15, -0.1) is 0 Å². The number of ether oxygens (including phenoxy) is 7. The van der Waals surface area contributed by atoms with E-state index in [0.29, 0.717) is 0 Å². The molecule has 0 radical (unpaired) electrons. The minimum Gasteiger partial charge on any atom is -0.467 e. The molecule has 3 saturated heterocycles. The van der Waals surface area contributed by atoms with Crippen LogP contribution in [0.4, 0.5) is 0 Å². The Labute approximate surface area is 298 Å². The summed E-state index contributed by atoms with van der Waals surface area (Å²) in [6, 6.07) is 0. The highest BCUT2D eigenvalue weighted by Crippen LogP contribution is 2.72. The van der Waals surface area contributed by atoms with Crippen LogP contribution in [-0.2, 0) is 57.1 Å². The Morgan fingerprint density at radius 2 is 1.69 bits per heavy atom. The number of hydrogen-bond acceptors (Lipinski definition) is 17. The highest BCUT2D eigenvalue weighted by Gasteiger charge is 2.85. The van der Waals surface area contributed by atoms with Crippen molar-refractivity contribution in [3.05, 3.63) is 23.5 Å². The van der Waals surface area contributed by atoms with Crippen molar-refractivity contribution in [2.45, 2.75) is 108 Å². The van der Waals surface area contributed by atoms with Gasteiger partial charge in [0.05, 0.1) is 32.3 Å². The van der Waals surface area contributed by atoms with Crippen LogP contribution in [0.1, 0.15) is 48.0 Å². The average molecular weight is 739 g/mol. The molecular weight excluding hydrogens is 692 g/mol. The normalized spacial score (nSPS) is 45.5. The van der Waals surface area contributed by atoms with Crippen molar-refractivity contribution in [2.75, 3.05) is 20.3 Å². The highest BCUT2D eigenvalue weighted by atomic mass is 16.7. The quantitative estimate of drug-likeness (QED) is 0.114. The summed E-state index contributed by atoms with van der Waals surface area (Å²) in [6.07, 6.45) is -10.6. The number of Topliss-reactive ketones (excluding diaryl/α,β-unsaturated/α-hetero) is 1. The van der Waals surface area contributed by atoms with Gasteiger partial charge in [0, 0.05) is 30.3 Å². The Balaban J connectivity index is 1.45. The first-order valence-electron chi connectivity index (χ1n) is 17.2. The number of allylic oxidation sites excluding steroid dienone is 2. The molecule has 2 bridgehead atoms. The maximum absolute atomic E-state index is 13.9. The summed E-state index contributed by atoms with van der Waals surface area (Å²) in [5.41, 5.74) is -6.18. The third kappa shape index (κ3) is 5.33. The average Bonchev–Trinajstić information content (AvgIpc) is 3.37. The number of hydrogen-bond donors (Lipinski definition) is 5. The van der Waals surface area contributed by atoms with Gasteiger partial charge in [-0.3, -0.25) is 9.59 Å². The van der Waals surface area contributed by atoms with E-state index in [2.05, 4.69) is 0 Å². The van der Waals surface area contributed by atoms with Crippen molar-refractivity contribution in [1.82, 2.24) is 0 Å². The molecule has 5 fully saturated rings. The lowest BCUT2D eigenvalue weighted by Gasteiger charge is -2.67. The van der Waals surface area contributed by atoms with E-state index in [9.17, 15) is 49.5 Å². The van der Waals surface area contributed by atoms with Crippen LogP contribution in [0.2, 0.25) is 0 Å². The van der Waals surface area contributed by atoms with Crippen LogP contribution in [0.3, 0.4) is 0 Å². The van der Waals surface area contributed by atoms with Crippen LogP contribution in [0.15, 0.2) is 23.5 Å². The molecule has 6 rings (SSSR count). The van der Waals surface area contributed by atoms with E-state index in [1.807, 2.05) is 0 Å². The summed E-state index contributed by atoms with van der Waals surface area (Å²) in [6.45, 7) is 8.37. The summed E-state index contributed by atoms with van der Waals surface area (Å²) < 4.78 is 39.5. The van der Waals surface area contributed by atoms with Crippen molar-refractivity contribution in [1.29, 1.82) is 0 Å². The molecule has 0 aromatic heterocycles. The molecule has 0 amide bonds. The zero-order chi connectivity index (χ0) is 38.5. The predicted molar refractivity (Wildman–Crippen MR) is 169 cm³/mol.